The van der Waals surface area contributed by atoms with Crippen molar-refractivity contribution >= 4 is 23.4 Å². The summed E-state index contributed by atoms with van der Waals surface area (Å²) in [7, 11) is 0. The molecule has 0 atom stereocenters. The van der Waals surface area contributed by atoms with E-state index in [4.69, 9.17) is 11.6 Å². The van der Waals surface area contributed by atoms with Crippen molar-refractivity contribution in [2.75, 3.05) is 26.2 Å². The third-order valence-corrected chi connectivity index (χ3v) is 6.92. The van der Waals surface area contributed by atoms with Crippen LogP contribution in [0.25, 0.3) is 0 Å². The molecule has 1 aromatic carbocycles. The van der Waals surface area contributed by atoms with Crippen LogP contribution in [-0.4, -0.2) is 57.6 Å². The molecule has 3 heterocycles. The number of benzene rings is 1. The highest BCUT2D eigenvalue weighted by Gasteiger charge is 2.33. The second kappa shape index (κ2) is 9.43. The van der Waals surface area contributed by atoms with Crippen molar-refractivity contribution in [3.05, 3.63) is 51.8 Å². The van der Waals surface area contributed by atoms with Crippen molar-refractivity contribution < 1.29 is 9.59 Å². The van der Waals surface area contributed by atoms with Gasteiger partial charge in [-0.25, -0.2) is 4.68 Å². The van der Waals surface area contributed by atoms with E-state index in [-0.39, 0.29) is 17.7 Å². The number of hydrogen-bond donors (Lipinski definition) is 0. The lowest BCUT2D eigenvalue weighted by atomic mass is 9.94. The molecule has 0 saturated carbocycles. The van der Waals surface area contributed by atoms with Crippen LogP contribution in [0.2, 0.25) is 5.15 Å². The minimum Gasteiger partial charge on any atom is -0.342 e. The highest BCUT2D eigenvalue weighted by molar-refractivity contribution is 6.33. The molecule has 2 saturated heterocycles. The van der Waals surface area contributed by atoms with Crippen LogP contribution in [0.1, 0.15) is 59.3 Å². The standard InChI is InChI=1S/C24H31ClN4O2/c1-17-6-8-19(9-7-17)16-29-22(25)21(18(2)26-29)24(31)28-14-10-20(11-15-28)23(30)27-12-4-3-5-13-27/h6-9,20H,3-5,10-16H2,1-2H3. The van der Waals surface area contributed by atoms with E-state index in [2.05, 4.69) is 24.2 Å². The van der Waals surface area contributed by atoms with Gasteiger partial charge in [0.15, 0.2) is 0 Å². The zero-order valence-corrected chi connectivity index (χ0v) is 19.2. The second-order valence-electron chi connectivity index (χ2n) is 8.85. The van der Waals surface area contributed by atoms with Crippen molar-refractivity contribution in [3.8, 4) is 0 Å². The van der Waals surface area contributed by atoms with E-state index in [1.807, 2.05) is 28.9 Å². The maximum Gasteiger partial charge on any atom is 0.258 e. The number of hydrogen-bond acceptors (Lipinski definition) is 3. The minimum absolute atomic E-state index is 0.0305. The molecule has 2 aromatic rings. The Morgan fingerprint density at radius 1 is 0.968 bits per heavy atom. The summed E-state index contributed by atoms with van der Waals surface area (Å²) >= 11 is 6.60. The van der Waals surface area contributed by atoms with Crippen LogP contribution >= 0.6 is 11.6 Å². The van der Waals surface area contributed by atoms with Crippen LogP contribution in [0.15, 0.2) is 24.3 Å². The SMILES string of the molecule is Cc1ccc(Cn2nc(C)c(C(=O)N3CCC(C(=O)N4CCCCC4)CC3)c2Cl)cc1. The van der Waals surface area contributed by atoms with Crippen LogP contribution in [0.4, 0.5) is 0 Å². The number of rotatable bonds is 4. The number of likely N-dealkylation sites (tertiary alicyclic amines) is 2. The average molecular weight is 443 g/mol. The van der Waals surface area contributed by atoms with E-state index in [1.54, 1.807) is 4.68 Å². The zero-order valence-electron chi connectivity index (χ0n) is 18.4. The van der Waals surface area contributed by atoms with E-state index in [0.29, 0.717) is 36.0 Å². The highest BCUT2D eigenvalue weighted by Crippen LogP contribution is 2.27. The number of amides is 2. The molecule has 31 heavy (non-hydrogen) atoms. The molecule has 2 aliphatic rings. The molecule has 7 heteroatoms. The average Bonchev–Trinajstić information content (AvgIpc) is 3.07. The first-order valence-corrected chi connectivity index (χ1v) is 11.7. The van der Waals surface area contributed by atoms with Gasteiger partial charge in [0.05, 0.1) is 17.8 Å². The summed E-state index contributed by atoms with van der Waals surface area (Å²) in [6, 6.07) is 8.21. The summed E-state index contributed by atoms with van der Waals surface area (Å²) < 4.78 is 1.70. The van der Waals surface area contributed by atoms with E-state index in [0.717, 1.165) is 44.3 Å². The van der Waals surface area contributed by atoms with Crippen LogP contribution in [0.3, 0.4) is 0 Å². The lowest BCUT2D eigenvalue weighted by Gasteiger charge is -2.35. The largest absolute Gasteiger partial charge is 0.342 e. The second-order valence-corrected chi connectivity index (χ2v) is 9.20. The van der Waals surface area contributed by atoms with Crippen molar-refractivity contribution in [1.82, 2.24) is 19.6 Å². The Labute approximate surface area is 189 Å². The summed E-state index contributed by atoms with van der Waals surface area (Å²) in [5, 5.41) is 4.91. The highest BCUT2D eigenvalue weighted by atomic mass is 35.5. The van der Waals surface area contributed by atoms with Crippen molar-refractivity contribution in [3.63, 3.8) is 0 Å². The van der Waals surface area contributed by atoms with Gasteiger partial charge in [0.25, 0.3) is 5.91 Å². The number of nitrogens with zero attached hydrogens (tertiary/aromatic N) is 4. The van der Waals surface area contributed by atoms with Crippen molar-refractivity contribution in [2.24, 2.45) is 5.92 Å². The fourth-order valence-electron chi connectivity index (χ4n) is 4.63. The Bertz CT molecular complexity index is 939. The monoisotopic (exact) mass is 442 g/mol. The van der Waals surface area contributed by atoms with Gasteiger partial charge in [-0.05, 0) is 51.5 Å². The van der Waals surface area contributed by atoms with Gasteiger partial charge in [-0.3, -0.25) is 9.59 Å². The zero-order chi connectivity index (χ0) is 22.0. The quantitative estimate of drug-likeness (QED) is 0.717. The Kier molecular flexibility index (Phi) is 6.65. The number of aryl methyl sites for hydroxylation is 2. The molecule has 0 unspecified atom stereocenters. The first-order chi connectivity index (χ1) is 14.9. The third-order valence-electron chi connectivity index (χ3n) is 6.53. The van der Waals surface area contributed by atoms with Crippen molar-refractivity contribution in [2.45, 2.75) is 52.5 Å². The molecule has 6 nitrogen and oxygen atoms in total. The predicted molar refractivity (Wildman–Crippen MR) is 121 cm³/mol. The van der Waals surface area contributed by atoms with Crippen LogP contribution < -0.4 is 0 Å². The molecule has 2 fully saturated rings. The van der Waals surface area contributed by atoms with Gasteiger partial charge < -0.3 is 9.80 Å². The first kappa shape index (κ1) is 21.9. The van der Waals surface area contributed by atoms with Crippen molar-refractivity contribution in [1.29, 1.82) is 0 Å². The van der Waals surface area contributed by atoms with Gasteiger partial charge in [-0.15, -0.1) is 0 Å². The number of piperidine rings is 2. The van der Waals surface area contributed by atoms with E-state index in [9.17, 15) is 9.59 Å². The Morgan fingerprint density at radius 3 is 2.26 bits per heavy atom. The van der Waals surface area contributed by atoms with Crippen LogP contribution in [-0.2, 0) is 11.3 Å². The summed E-state index contributed by atoms with van der Waals surface area (Å²) in [6.45, 7) is 7.34. The maximum absolute atomic E-state index is 13.2. The molecule has 2 aliphatic heterocycles. The Morgan fingerprint density at radius 2 is 1.61 bits per heavy atom. The van der Waals surface area contributed by atoms with Gasteiger partial charge in [-0.1, -0.05) is 41.4 Å². The summed E-state index contributed by atoms with van der Waals surface area (Å²) in [5.74, 6) is 0.219. The molecule has 0 bridgehead atoms. The first-order valence-electron chi connectivity index (χ1n) is 11.3. The van der Waals surface area contributed by atoms with Gasteiger partial charge in [0.1, 0.15) is 5.15 Å². The fraction of sp³-hybridized carbons (Fsp3) is 0.542. The molecule has 4 rings (SSSR count). The molecule has 0 spiro atoms. The smallest absolute Gasteiger partial charge is 0.258 e. The molecule has 0 aliphatic carbocycles. The minimum atomic E-state index is -0.0819. The van der Waals surface area contributed by atoms with Gasteiger partial charge in [0.2, 0.25) is 5.91 Å². The number of halogens is 1. The normalized spacial score (nSPS) is 17.8. The lowest BCUT2D eigenvalue weighted by Crippen LogP contribution is -2.45. The molecule has 2 amide bonds. The number of carbonyl (C=O) groups excluding carboxylic acids is 2. The molecular weight excluding hydrogens is 412 g/mol. The van der Waals surface area contributed by atoms with Gasteiger partial charge in [0, 0.05) is 32.1 Å². The predicted octanol–water partition coefficient (Wildman–Crippen LogP) is 4.07. The molecule has 0 radical (unpaired) electrons. The Hall–Kier alpha value is -2.34. The molecule has 166 valence electrons. The number of aromatic nitrogens is 2. The van der Waals surface area contributed by atoms with Gasteiger partial charge >= 0.3 is 0 Å². The maximum atomic E-state index is 13.2. The summed E-state index contributed by atoms with van der Waals surface area (Å²) in [4.78, 5) is 29.9. The molecule has 0 N–H and O–H groups in total. The fourth-order valence-corrected chi connectivity index (χ4v) is 4.94. The number of carbonyl (C=O) groups is 2. The summed E-state index contributed by atoms with van der Waals surface area (Å²) in [6.07, 6.45) is 4.86. The lowest BCUT2D eigenvalue weighted by molar-refractivity contribution is -0.137. The molecular formula is C24H31ClN4O2. The van der Waals surface area contributed by atoms with E-state index < -0.39 is 0 Å². The molecule has 1 aromatic heterocycles. The van der Waals surface area contributed by atoms with Crippen LogP contribution in [0, 0.1) is 19.8 Å². The van der Waals surface area contributed by atoms with Gasteiger partial charge in [-0.2, -0.15) is 5.10 Å². The van der Waals surface area contributed by atoms with E-state index >= 15 is 0 Å². The Balaban J connectivity index is 1.40. The topological polar surface area (TPSA) is 58.4 Å². The van der Waals surface area contributed by atoms with E-state index in [1.165, 1.54) is 12.0 Å². The van der Waals surface area contributed by atoms with Crippen LogP contribution in [0.5, 0.6) is 0 Å². The summed E-state index contributed by atoms with van der Waals surface area (Å²) in [5.41, 5.74) is 3.42. The third kappa shape index (κ3) is 4.79.